The first-order chi connectivity index (χ1) is 14.3. The maximum atomic E-state index is 13.3. The minimum atomic E-state index is -0.883. The highest BCUT2D eigenvalue weighted by molar-refractivity contribution is 6.30. The van der Waals surface area contributed by atoms with Gasteiger partial charge in [-0.2, -0.15) is 0 Å². The topological polar surface area (TPSA) is 96.9 Å². The smallest absolute Gasteiger partial charge is 0.258 e. The molecule has 0 fully saturated rings. The zero-order valence-corrected chi connectivity index (χ0v) is 16.6. The molecule has 0 unspecified atom stereocenters. The van der Waals surface area contributed by atoms with E-state index in [1.54, 1.807) is 0 Å². The molecule has 7 nitrogen and oxygen atoms in total. The molecule has 2 amide bonds. The minimum Gasteiger partial charge on any atom is -0.484 e. The summed E-state index contributed by atoms with van der Waals surface area (Å²) in [7, 11) is 0. The van der Waals surface area contributed by atoms with Crippen molar-refractivity contribution >= 4 is 23.4 Å². The van der Waals surface area contributed by atoms with Crippen LogP contribution in [0.15, 0.2) is 42.5 Å². The molecule has 30 heavy (non-hydrogen) atoms. The van der Waals surface area contributed by atoms with Crippen molar-refractivity contribution in [2.24, 2.45) is 0 Å². The number of benzene rings is 2. The highest BCUT2D eigenvalue weighted by atomic mass is 35.5. The Balaban J connectivity index is 1.55. The van der Waals surface area contributed by atoms with Crippen molar-refractivity contribution in [3.8, 4) is 11.5 Å². The van der Waals surface area contributed by atoms with Gasteiger partial charge in [-0.25, -0.2) is 8.78 Å². The van der Waals surface area contributed by atoms with Crippen LogP contribution in [0.3, 0.4) is 0 Å². The Morgan fingerprint density at radius 2 is 1.57 bits per heavy atom. The van der Waals surface area contributed by atoms with Crippen molar-refractivity contribution in [1.29, 1.82) is 0 Å². The molecule has 2 aromatic carbocycles. The predicted molar refractivity (Wildman–Crippen MR) is 105 cm³/mol. The van der Waals surface area contributed by atoms with Gasteiger partial charge in [0.25, 0.3) is 11.8 Å². The molecule has 0 aliphatic rings. The molecule has 0 heterocycles. The van der Waals surface area contributed by atoms with E-state index in [4.69, 9.17) is 21.1 Å². The summed E-state index contributed by atoms with van der Waals surface area (Å²) in [5.41, 5.74) is 0. The van der Waals surface area contributed by atoms with Crippen molar-refractivity contribution in [1.82, 2.24) is 10.6 Å². The molecule has 0 aliphatic carbocycles. The molecule has 0 bridgehead atoms. The third kappa shape index (κ3) is 8.62. The lowest BCUT2D eigenvalue weighted by Crippen LogP contribution is -2.37. The van der Waals surface area contributed by atoms with Crippen LogP contribution in [0.2, 0.25) is 5.02 Å². The summed E-state index contributed by atoms with van der Waals surface area (Å²) in [5, 5.41) is 14.8. The van der Waals surface area contributed by atoms with Gasteiger partial charge < -0.3 is 25.2 Å². The number of rotatable bonds is 11. The van der Waals surface area contributed by atoms with E-state index >= 15 is 0 Å². The summed E-state index contributed by atoms with van der Waals surface area (Å²) >= 11 is 5.56. The normalized spacial score (nSPS) is 11.5. The molecule has 3 N–H and O–H groups in total. The van der Waals surface area contributed by atoms with Gasteiger partial charge >= 0.3 is 0 Å². The molecule has 0 aliphatic heterocycles. The second-order valence-corrected chi connectivity index (χ2v) is 6.61. The molecule has 2 aromatic rings. The number of carbonyl (C=O) groups is 2. The Hall–Kier alpha value is -2.91. The Labute approximate surface area is 176 Å². The van der Waals surface area contributed by atoms with E-state index in [2.05, 4.69) is 10.6 Å². The van der Waals surface area contributed by atoms with Crippen LogP contribution in [0.5, 0.6) is 11.5 Å². The maximum absolute atomic E-state index is 13.3. The third-order valence-electron chi connectivity index (χ3n) is 3.78. The average Bonchev–Trinajstić information content (AvgIpc) is 2.72. The monoisotopic (exact) mass is 442 g/mol. The summed E-state index contributed by atoms with van der Waals surface area (Å²) in [5.74, 6) is -1.45. The number of hydrogen-bond acceptors (Lipinski definition) is 5. The van der Waals surface area contributed by atoms with Gasteiger partial charge in [0.2, 0.25) is 0 Å². The molecular weight excluding hydrogens is 422 g/mol. The average molecular weight is 443 g/mol. The van der Waals surface area contributed by atoms with Gasteiger partial charge in [-0.05, 0) is 42.8 Å². The molecule has 0 saturated carbocycles. The van der Waals surface area contributed by atoms with Crippen LogP contribution in [0, 0.1) is 11.6 Å². The minimum absolute atomic E-state index is 0.0258. The molecule has 2 rings (SSSR count). The second-order valence-electron chi connectivity index (χ2n) is 6.20. The Bertz CT molecular complexity index is 852. The fourth-order valence-corrected chi connectivity index (χ4v) is 2.33. The van der Waals surface area contributed by atoms with Gasteiger partial charge in [0.05, 0.1) is 11.1 Å². The van der Waals surface area contributed by atoms with Crippen molar-refractivity contribution in [2.75, 3.05) is 26.3 Å². The summed E-state index contributed by atoms with van der Waals surface area (Å²) in [6.07, 6.45) is -0.688. The lowest BCUT2D eigenvalue weighted by atomic mass is 10.2. The van der Waals surface area contributed by atoms with Gasteiger partial charge in [-0.1, -0.05) is 11.6 Å². The van der Waals surface area contributed by atoms with Gasteiger partial charge in [-0.3, -0.25) is 9.59 Å². The van der Waals surface area contributed by atoms with E-state index in [1.165, 1.54) is 36.4 Å². The fraction of sp³-hybridized carbons (Fsp3) is 0.300. The third-order valence-corrected chi connectivity index (χ3v) is 4.09. The van der Waals surface area contributed by atoms with Gasteiger partial charge in [-0.15, -0.1) is 0 Å². The quantitative estimate of drug-likeness (QED) is 0.495. The molecule has 10 heteroatoms. The predicted octanol–water partition coefficient (Wildman–Crippen LogP) is 2.06. The first-order valence-electron chi connectivity index (χ1n) is 9.01. The number of amides is 2. The standard InChI is InChI=1S/C20H21ClF2N2O5/c21-17-6-5-16(9-18(17)23)30-11-19(27)24-8-7-14(26)10-25-20(28)12-29-15-3-1-13(22)2-4-15/h1-6,9,14,26H,7-8,10-12H2,(H,24,27)(H,25,28)/t14-/m0/s1. The van der Waals surface area contributed by atoms with Gasteiger partial charge in [0.1, 0.15) is 23.1 Å². The molecule has 0 aromatic heterocycles. The number of ether oxygens (including phenoxy) is 2. The highest BCUT2D eigenvalue weighted by Crippen LogP contribution is 2.20. The van der Waals surface area contributed by atoms with Crippen LogP contribution in [0.4, 0.5) is 8.78 Å². The lowest BCUT2D eigenvalue weighted by Gasteiger charge is -2.13. The summed E-state index contributed by atoms with van der Waals surface area (Å²) < 4.78 is 36.4. The van der Waals surface area contributed by atoms with Crippen LogP contribution in [0.1, 0.15) is 6.42 Å². The zero-order chi connectivity index (χ0) is 21.9. The number of hydrogen-bond donors (Lipinski definition) is 3. The van der Waals surface area contributed by atoms with Crippen molar-refractivity contribution in [3.05, 3.63) is 59.1 Å². The van der Waals surface area contributed by atoms with Gasteiger partial charge in [0.15, 0.2) is 13.2 Å². The zero-order valence-electron chi connectivity index (χ0n) is 15.9. The van der Waals surface area contributed by atoms with E-state index in [1.807, 2.05) is 0 Å². The molecule has 1 atom stereocenters. The second kappa shape index (κ2) is 11.9. The molecular formula is C20H21ClF2N2O5. The van der Waals surface area contributed by atoms with E-state index < -0.39 is 29.6 Å². The molecule has 162 valence electrons. The molecule has 0 radical (unpaired) electrons. The van der Waals surface area contributed by atoms with Crippen molar-refractivity contribution in [2.45, 2.75) is 12.5 Å². The largest absolute Gasteiger partial charge is 0.484 e. The van der Waals surface area contributed by atoms with E-state index in [0.29, 0.717) is 5.75 Å². The molecule has 0 spiro atoms. The van der Waals surface area contributed by atoms with Crippen LogP contribution < -0.4 is 20.1 Å². The highest BCUT2D eigenvalue weighted by Gasteiger charge is 2.10. The number of aliphatic hydroxyl groups excluding tert-OH is 1. The van der Waals surface area contributed by atoms with E-state index in [0.717, 1.165) is 6.07 Å². The van der Waals surface area contributed by atoms with Crippen LogP contribution >= 0.6 is 11.6 Å². The lowest BCUT2D eigenvalue weighted by molar-refractivity contribution is -0.124. The van der Waals surface area contributed by atoms with Crippen LogP contribution in [-0.4, -0.2) is 49.3 Å². The van der Waals surface area contributed by atoms with Crippen LogP contribution in [-0.2, 0) is 9.59 Å². The van der Waals surface area contributed by atoms with Crippen molar-refractivity contribution in [3.63, 3.8) is 0 Å². The number of carbonyl (C=O) groups excluding carboxylic acids is 2. The Morgan fingerprint density at radius 3 is 2.23 bits per heavy atom. The number of halogens is 3. The number of nitrogens with one attached hydrogen (secondary N) is 2. The maximum Gasteiger partial charge on any atom is 0.258 e. The number of aliphatic hydroxyl groups is 1. The van der Waals surface area contributed by atoms with Crippen molar-refractivity contribution < 1.29 is 33.0 Å². The first kappa shape index (κ1) is 23.4. The Morgan fingerprint density at radius 1 is 0.967 bits per heavy atom. The van der Waals surface area contributed by atoms with E-state index in [9.17, 15) is 23.5 Å². The van der Waals surface area contributed by atoms with E-state index in [-0.39, 0.29) is 43.5 Å². The molecule has 0 saturated heterocycles. The fourth-order valence-electron chi connectivity index (χ4n) is 2.21. The summed E-state index contributed by atoms with van der Waals surface area (Å²) in [4.78, 5) is 23.4. The Kier molecular flexibility index (Phi) is 9.30. The summed E-state index contributed by atoms with van der Waals surface area (Å²) in [6, 6.07) is 9.04. The summed E-state index contributed by atoms with van der Waals surface area (Å²) in [6.45, 7) is -0.478. The van der Waals surface area contributed by atoms with Crippen LogP contribution in [0.25, 0.3) is 0 Å². The van der Waals surface area contributed by atoms with Gasteiger partial charge in [0, 0.05) is 19.2 Å². The SMILES string of the molecule is O=C(COc1ccc(Cl)c(F)c1)NCC[C@H](O)CNC(=O)COc1ccc(F)cc1. The first-order valence-corrected chi connectivity index (χ1v) is 9.39.